The maximum atomic E-state index is 14.0. The van der Waals surface area contributed by atoms with Crippen LogP contribution in [0, 0.1) is 5.82 Å². The molecule has 3 nitrogen and oxygen atoms in total. The second-order valence-corrected chi connectivity index (χ2v) is 5.68. The Balaban J connectivity index is 2.18. The van der Waals surface area contributed by atoms with E-state index in [1.54, 1.807) is 0 Å². The summed E-state index contributed by atoms with van der Waals surface area (Å²) in [6.45, 7) is 0. The molecule has 2 aliphatic rings. The van der Waals surface area contributed by atoms with Crippen molar-refractivity contribution >= 4 is 39.1 Å². The predicted octanol–water partition coefficient (Wildman–Crippen LogP) is 3.28. The van der Waals surface area contributed by atoms with Gasteiger partial charge in [0, 0.05) is 0 Å². The highest BCUT2D eigenvalue weighted by Gasteiger charge is 2.44. The van der Waals surface area contributed by atoms with E-state index < -0.39 is 11.5 Å². The summed E-state index contributed by atoms with van der Waals surface area (Å²) in [6, 6.07) is 1.40. The van der Waals surface area contributed by atoms with E-state index in [9.17, 15) is 9.18 Å². The average molecular weight is 320 g/mol. The van der Waals surface area contributed by atoms with Gasteiger partial charge in [-0.25, -0.2) is 4.39 Å². The van der Waals surface area contributed by atoms with Crippen molar-refractivity contribution in [2.45, 2.75) is 24.9 Å². The molecule has 0 atom stereocenters. The molecule has 1 aromatic carbocycles. The molecule has 1 saturated carbocycles. The van der Waals surface area contributed by atoms with E-state index in [1.165, 1.54) is 6.07 Å². The molecule has 1 aliphatic carbocycles. The molecule has 3 rings (SSSR count). The standard InChI is InChI=1S/C11H9BrClFN2O/c12-5-4-6(13)7-9(8(5)14)15-11(2-1-3-11)16-10(7)17/h4,15H,1-3H2,(H,16,17). The lowest BCUT2D eigenvalue weighted by molar-refractivity contribution is 0.0842. The molecule has 1 aromatic rings. The average Bonchev–Trinajstić information content (AvgIpc) is 2.22. The Kier molecular flexibility index (Phi) is 2.38. The smallest absolute Gasteiger partial charge is 0.256 e. The first-order chi connectivity index (χ1) is 8.02. The van der Waals surface area contributed by atoms with E-state index in [4.69, 9.17) is 11.6 Å². The fourth-order valence-electron chi connectivity index (χ4n) is 2.27. The van der Waals surface area contributed by atoms with Gasteiger partial charge >= 0.3 is 0 Å². The summed E-state index contributed by atoms with van der Waals surface area (Å²) in [6.07, 6.45) is 2.63. The molecule has 0 radical (unpaired) electrons. The zero-order chi connectivity index (χ0) is 12.2. The number of fused-ring (bicyclic) bond motifs is 1. The molecule has 2 N–H and O–H groups in total. The van der Waals surface area contributed by atoms with Gasteiger partial charge in [0.1, 0.15) is 5.66 Å². The van der Waals surface area contributed by atoms with Crippen LogP contribution in [0.15, 0.2) is 10.5 Å². The molecule has 1 amide bonds. The summed E-state index contributed by atoms with van der Waals surface area (Å²) in [7, 11) is 0. The van der Waals surface area contributed by atoms with E-state index >= 15 is 0 Å². The van der Waals surface area contributed by atoms with Crippen molar-refractivity contribution in [3.05, 3.63) is 26.9 Å². The number of anilines is 1. The summed E-state index contributed by atoms with van der Waals surface area (Å²) >= 11 is 9.06. The van der Waals surface area contributed by atoms with Gasteiger partial charge in [-0.3, -0.25) is 4.79 Å². The van der Waals surface area contributed by atoms with Crippen molar-refractivity contribution < 1.29 is 9.18 Å². The Labute approximate surface area is 111 Å². The molecule has 0 aromatic heterocycles. The molecular weight excluding hydrogens is 310 g/mol. The number of hydrogen-bond donors (Lipinski definition) is 2. The second-order valence-electron chi connectivity index (χ2n) is 4.42. The minimum Gasteiger partial charge on any atom is -0.360 e. The van der Waals surface area contributed by atoms with E-state index in [1.807, 2.05) is 0 Å². The lowest BCUT2D eigenvalue weighted by atomic mass is 9.82. The zero-order valence-corrected chi connectivity index (χ0v) is 11.1. The van der Waals surface area contributed by atoms with Crippen LogP contribution in [0.4, 0.5) is 10.1 Å². The molecule has 0 unspecified atom stereocenters. The molecule has 0 saturated heterocycles. The van der Waals surface area contributed by atoms with Crippen LogP contribution in [0.3, 0.4) is 0 Å². The number of benzene rings is 1. The van der Waals surface area contributed by atoms with Gasteiger partial charge in [-0.2, -0.15) is 0 Å². The van der Waals surface area contributed by atoms with Crippen LogP contribution >= 0.6 is 27.5 Å². The summed E-state index contributed by atoms with van der Waals surface area (Å²) in [5.41, 5.74) is -0.0904. The van der Waals surface area contributed by atoms with Crippen molar-refractivity contribution in [3.63, 3.8) is 0 Å². The topological polar surface area (TPSA) is 41.1 Å². The summed E-state index contributed by atoms with van der Waals surface area (Å²) in [5.74, 6) is -0.777. The third-order valence-electron chi connectivity index (χ3n) is 3.32. The molecule has 0 bridgehead atoms. The van der Waals surface area contributed by atoms with Crippen molar-refractivity contribution in [2.24, 2.45) is 0 Å². The predicted molar refractivity (Wildman–Crippen MR) is 66.8 cm³/mol. The number of amides is 1. The molecular formula is C11H9BrClFN2O. The monoisotopic (exact) mass is 318 g/mol. The second kappa shape index (κ2) is 3.59. The molecule has 17 heavy (non-hydrogen) atoms. The van der Waals surface area contributed by atoms with Crippen LogP contribution in [-0.4, -0.2) is 11.6 Å². The first-order valence-corrected chi connectivity index (χ1v) is 6.48. The lowest BCUT2D eigenvalue weighted by Crippen LogP contribution is -2.61. The quantitative estimate of drug-likeness (QED) is 0.721. The Bertz CT molecular complexity index is 531. The van der Waals surface area contributed by atoms with Gasteiger partial charge in [-0.1, -0.05) is 11.6 Å². The third-order valence-corrected chi connectivity index (χ3v) is 4.20. The van der Waals surface area contributed by atoms with Crippen molar-refractivity contribution in [3.8, 4) is 0 Å². The van der Waals surface area contributed by atoms with Gasteiger partial charge in [-0.15, -0.1) is 0 Å². The number of hydrogen-bond acceptors (Lipinski definition) is 2. The van der Waals surface area contributed by atoms with Crippen molar-refractivity contribution in [2.75, 3.05) is 5.32 Å². The Morgan fingerprint density at radius 2 is 2.12 bits per heavy atom. The molecule has 6 heteroatoms. The lowest BCUT2D eigenvalue weighted by Gasteiger charge is -2.47. The number of rotatable bonds is 0. The fourth-order valence-corrected chi connectivity index (χ4v) is 3.11. The highest BCUT2D eigenvalue weighted by atomic mass is 79.9. The fraction of sp³-hybridized carbons (Fsp3) is 0.364. The number of halogens is 3. The van der Waals surface area contributed by atoms with E-state index in [0.717, 1.165) is 19.3 Å². The zero-order valence-electron chi connectivity index (χ0n) is 8.74. The van der Waals surface area contributed by atoms with Gasteiger partial charge < -0.3 is 10.6 Å². The molecule has 90 valence electrons. The molecule has 1 aliphatic heterocycles. The largest absolute Gasteiger partial charge is 0.360 e. The van der Waals surface area contributed by atoms with Crippen LogP contribution in [0.2, 0.25) is 5.02 Å². The van der Waals surface area contributed by atoms with E-state index in [0.29, 0.717) is 0 Å². The van der Waals surface area contributed by atoms with Crippen LogP contribution in [0.5, 0.6) is 0 Å². The van der Waals surface area contributed by atoms with Gasteiger partial charge in [0.15, 0.2) is 5.82 Å². The Hall–Kier alpha value is -0.810. The van der Waals surface area contributed by atoms with E-state index in [2.05, 4.69) is 26.6 Å². The number of nitrogens with one attached hydrogen (secondary N) is 2. The van der Waals surface area contributed by atoms with Crippen molar-refractivity contribution in [1.29, 1.82) is 0 Å². The maximum Gasteiger partial charge on any atom is 0.256 e. The normalized spacial score (nSPS) is 20.3. The van der Waals surface area contributed by atoms with Crippen molar-refractivity contribution in [1.82, 2.24) is 5.32 Å². The SMILES string of the molecule is O=C1NC2(CCC2)Nc2c(F)c(Br)cc(Cl)c21. The van der Waals surface area contributed by atoms with Gasteiger partial charge in [0.25, 0.3) is 5.91 Å². The maximum absolute atomic E-state index is 14.0. The van der Waals surface area contributed by atoms with Crippen LogP contribution in [0.1, 0.15) is 29.6 Å². The molecule has 1 heterocycles. The first-order valence-electron chi connectivity index (χ1n) is 5.31. The highest BCUT2D eigenvalue weighted by molar-refractivity contribution is 9.10. The van der Waals surface area contributed by atoms with E-state index in [-0.39, 0.29) is 26.7 Å². The van der Waals surface area contributed by atoms with Crippen LogP contribution in [-0.2, 0) is 0 Å². The summed E-state index contributed by atoms with van der Waals surface area (Å²) in [4.78, 5) is 12.0. The minimum absolute atomic E-state index is 0.185. The van der Waals surface area contributed by atoms with Crippen LogP contribution in [0.25, 0.3) is 0 Å². The van der Waals surface area contributed by atoms with Gasteiger partial charge in [-0.05, 0) is 41.3 Å². The minimum atomic E-state index is -0.477. The number of carbonyl (C=O) groups is 1. The summed E-state index contributed by atoms with van der Waals surface area (Å²) in [5, 5.41) is 6.17. The third kappa shape index (κ3) is 1.56. The summed E-state index contributed by atoms with van der Waals surface area (Å²) < 4.78 is 14.3. The Morgan fingerprint density at radius 1 is 1.41 bits per heavy atom. The van der Waals surface area contributed by atoms with Crippen LogP contribution < -0.4 is 10.6 Å². The number of carbonyl (C=O) groups excluding carboxylic acids is 1. The molecule has 1 spiro atoms. The van der Waals surface area contributed by atoms with Gasteiger partial charge in [0.05, 0.1) is 20.7 Å². The molecule has 1 fully saturated rings. The first kappa shape index (κ1) is 11.3. The highest BCUT2D eigenvalue weighted by Crippen LogP contribution is 2.42. The Morgan fingerprint density at radius 3 is 2.71 bits per heavy atom. The van der Waals surface area contributed by atoms with Gasteiger partial charge in [0.2, 0.25) is 0 Å².